The molecule has 0 fully saturated rings. The zero-order valence-corrected chi connectivity index (χ0v) is 10.1. The van der Waals surface area contributed by atoms with Crippen molar-refractivity contribution < 1.29 is 4.79 Å². The van der Waals surface area contributed by atoms with E-state index in [0.29, 0.717) is 12.8 Å². The molecule has 0 aliphatic carbocycles. The number of halogens is 1. The van der Waals surface area contributed by atoms with Gasteiger partial charge in [-0.3, -0.25) is 4.79 Å². The highest BCUT2D eigenvalue weighted by Crippen LogP contribution is 2.23. The lowest BCUT2D eigenvalue weighted by Crippen LogP contribution is -2.11. The fourth-order valence-electron chi connectivity index (χ4n) is 1.14. The summed E-state index contributed by atoms with van der Waals surface area (Å²) in [6.45, 7) is 1.95. The largest absolute Gasteiger partial charge is 0.326 e. The molecule has 0 saturated carbocycles. The summed E-state index contributed by atoms with van der Waals surface area (Å²) in [4.78, 5) is 11.4. The van der Waals surface area contributed by atoms with Crippen LogP contribution in [0.15, 0.2) is 22.7 Å². The maximum atomic E-state index is 11.4. The molecule has 1 aromatic rings. The number of anilines is 1. The molecule has 0 radical (unpaired) electrons. The predicted molar refractivity (Wildman–Crippen MR) is 65.6 cm³/mol. The second-order valence-electron chi connectivity index (χ2n) is 3.16. The number of hydrogen-bond acceptors (Lipinski definition) is 1. The first kappa shape index (κ1) is 11.8. The van der Waals surface area contributed by atoms with Gasteiger partial charge in [0.25, 0.3) is 0 Å². The van der Waals surface area contributed by atoms with E-state index in [-0.39, 0.29) is 5.91 Å². The van der Waals surface area contributed by atoms with Crippen LogP contribution < -0.4 is 5.32 Å². The Kier molecular flexibility index (Phi) is 4.38. The topological polar surface area (TPSA) is 29.1 Å². The summed E-state index contributed by atoms with van der Waals surface area (Å²) in [5.41, 5.74) is 1.85. The minimum Gasteiger partial charge on any atom is -0.326 e. The van der Waals surface area contributed by atoms with Crippen LogP contribution in [0.2, 0.25) is 0 Å². The van der Waals surface area contributed by atoms with Gasteiger partial charge in [-0.1, -0.05) is 22.0 Å². The van der Waals surface area contributed by atoms with E-state index in [4.69, 9.17) is 6.42 Å². The molecule has 2 nitrogen and oxygen atoms in total. The van der Waals surface area contributed by atoms with Gasteiger partial charge in [-0.25, -0.2) is 0 Å². The van der Waals surface area contributed by atoms with Gasteiger partial charge in [-0.15, -0.1) is 12.3 Å². The van der Waals surface area contributed by atoms with Crippen molar-refractivity contribution >= 4 is 27.5 Å². The highest BCUT2D eigenvalue weighted by atomic mass is 79.9. The van der Waals surface area contributed by atoms with Gasteiger partial charge in [-0.2, -0.15) is 0 Å². The van der Waals surface area contributed by atoms with Crippen LogP contribution in [0.4, 0.5) is 5.69 Å². The predicted octanol–water partition coefficient (Wildman–Crippen LogP) is 3.11. The van der Waals surface area contributed by atoms with E-state index in [1.54, 1.807) is 0 Å². The van der Waals surface area contributed by atoms with Crippen molar-refractivity contribution in [2.45, 2.75) is 19.8 Å². The van der Waals surface area contributed by atoms with Crippen LogP contribution in [0.3, 0.4) is 0 Å². The van der Waals surface area contributed by atoms with E-state index in [9.17, 15) is 4.79 Å². The van der Waals surface area contributed by atoms with Crippen molar-refractivity contribution in [3.05, 3.63) is 28.2 Å². The fourth-order valence-corrected chi connectivity index (χ4v) is 1.51. The van der Waals surface area contributed by atoms with Crippen molar-refractivity contribution in [3.63, 3.8) is 0 Å². The Morgan fingerprint density at radius 2 is 2.33 bits per heavy atom. The molecule has 3 heteroatoms. The van der Waals surface area contributed by atoms with E-state index >= 15 is 0 Å². The van der Waals surface area contributed by atoms with Gasteiger partial charge in [0.15, 0.2) is 0 Å². The Morgan fingerprint density at radius 1 is 1.60 bits per heavy atom. The first-order valence-electron chi connectivity index (χ1n) is 4.63. The number of carbonyl (C=O) groups excluding carboxylic acids is 1. The number of nitrogens with one attached hydrogen (secondary N) is 1. The summed E-state index contributed by atoms with van der Waals surface area (Å²) in [6, 6.07) is 5.69. The molecular weight excluding hydrogens is 254 g/mol. The minimum atomic E-state index is -0.0471. The average molecular weight is 266 g/mol. The van der Waals surface area contributed by atoms with Gasteiger partial charge in [0.05, 0.1) is 0 Å². The second-order valence-corrected chi connectivity index (χ2v) is 4.02. The van der Waals surface area contributed by atoms with Crippen LogP contribution in [-0.4, -0.2) is 5.91 Å². The van der Waals surface area contributed by atoms with Crippen molar-refractivity contribution in [1.29, 1.82) is 0 Å². The Balaban J connectivity index is 2.69. The third-order valence-electron chi connectivity index (χ3n) is 2.04. The SMILES string of the molecule is C#CCCC(=O)Nc1cccc(Br)c1C. The Morgan fingerprint density at radius 3 is 3.00 bits per heavy atom. The molecule has 0 aliphatic heterocycles. The molecule has 78 valence electrons. The lowest BCUT2D eigenvalue weighted by molar-refractivity contribution is -0.116. The summed E-state index contributed by atoms with van der Waals surface area (Å²) in [5, 5.41) is 2.82. The lowest BCUT2D eigenvalue weighted by atomic mass is 10.2. The molecule has 0 saturated heterocycles. The van der Waals surface area contributed by atoms with Crippen molar-refractivity contribution in [2.24, 2.45) is 0 Å². The van der Waals surface area contributed by atoms with E-state index in [0.717, 1.165) is 15.7 Å². The summed E-state index contributed by atoms with van der Waals surface area (Å²) in [6.07, 6.45) is 5.92. The van der Waals surface area contributed by atoms with E-state index in [2.05, 4.69) is 27.2 Å². The highest BCUT2D eigenvalue weighted by Gasteiger charge is 2.05. The number of terminal acetylenes is 1. The van der Waals surface area contributed by atoms with E-state index in [1.165, 1.54) is 0 Å². The smallest absolute Gasteiger partial charge is 0.225 e. The van der Waals surface area contributed by atoms with E-state index < -0.39 is 0 Å². The van der Waals surface area contributed by atoms with E-state index in [1.807, 2.05) is 25.1 Å². The van der Waals surface area contributed by atoms with Crippen LogP contribution in [-0.2, 0) is 4.79 Å². The summed E-state index contributed by atoms with van der Waals surface area (Å²) < 4.78 is 0.984. The first-order valence-corrected chi connectivity index (χ1v) is 5.43. The molecule has 0 unspecified atom stereocenters. The third kappa shape index (κ3) is 3.41. The molecular formula is C12H12BrNO. The fraction of sp³-hybridized carbons (Fsp3) is 0.250. The van der Waals surface area contributed by atoms with Gasteiger partial charge in [0.1, 0.15) is 0 Å². The Labute approximate surface area is 98.2 Å². The molecule has 1 amide bonds. The Bertz CT molecular complexity index is 407. The maximum Gasteiger partial charge on any atom is 0.225 e. The van der Waals surface area contributed by atoms with Crippen LogP contribution in [0.5, 0.6) is 0 Å². The quantitative estimate of drug-likeness (QED) is 0.837. The zero-order chi connectivity index (χ0) is 11.3. The molecule has 1 rings (SSSR count). The number of carbonyl (C=O) groups is 1. The van der Waals surface area contributed by atoms with Gasteiger partial charge in [-0.05, 0) is 24.6 Å². The van der Waals surface area contributed by atoms with Crippen LogP contribution >= 0.6 is 15.9 Å². The van der Waals surface area contributed by atoms with Crippen molar-refractivity contribution in [2.75, 3.05) is 5.32 Å². The standard InChI is InChI=1S/C12H12BrNO/c1-3-4-8-12(15)14-11-7-5-6-10(13)9(11)2/h1,5-7H,4,8H2,2H3,(H,14,15). The zero-order valence-electron chi connectivity index (χ0n) is 8.51. The summed E-state index contributed by atoms with van der Waals surface area (Å²) >= 11 is 3.40. The molecule has 1 aromatic carbocycles. The number of hydrogen-bond donors (Lipinski definition) is 1. The third-order valence-corrected chi connectivity index (χ3v) is 2.90. The molecule has 0 bridgehead atoms. The van der Waals surface area contributed by atoms with Gasteiger partial charge < -0.3 is 5.32 Å². The minimum absolute atomic E-state index is 0.0471. The number of benzene rings is 1. The molecule has 1 N–H and O–H groups in total. The number of amides is 1. The number of rotatable bonds is 3. The van der Waals surface area contributed by atoms with Crippen molar-refractivity contribution in [1.82, 2.24) is 0 Å². The second kappa shape index (κ2) is 5.57. The monoisotopic (exact) mass is 265 g/mol. The molecule has 0 atom stereocenters. The van der Waals surface area contributed by atoms with Gasteiger partial charge in [0, 0.05) is 23.0 Å². The Hall–Kier alpha value is -1.27. The maximum absolute atomic E-state index is 11.4. The van der Waals surface area contributed by atoms with Gasteiger partial charge >= 0.3 is 0 Å². The summed E-state index contributed by atoms with van der Waals surface area (Å²) in [7, 11) is 0. The normalized spacial score (nSPS) is 9.40. The molecule has 0 aromatic heterocycles. The molecule has 0 spiro atoms. The van der Waals surface area contributed by atoms with Crippen LogP contribution in [0.25, 0.3) is 0 Å². The molecule has 0 heterocycles. The van der Waals surface area contributed by atoms with Crippen LogP contribution in [0, 0.1) is 19.3 Å². The summed E-state index contributed by atoms with van der Waals surface area (Å²) in [5.74, 6) is 2.39. The molecule has 0 aliphatic rings. The van der Waals surface area contributed by atoms with Gasteiger partial charge in [0.2, 0.25) is 5.91 Å². The lowest BCUT2D eigenvalue weighted by Gasteiger charge is -2.08. The average Bonchev–Trinajstić information content (AvgIpc) is 2.22. The van der Waals surface area contributed by atoms with Crippen LogP contribution in [0.1, 0.15) is 18.4 Å². The van der Waals surface area contributed by atoms with Crippen molar-refractivity contribution in [3.8, 4) is 12.3 Å². The molecule has 15 heavy (non-hydrogen) atoms. The highest BCUT2D eigenvalue weighted by molar-refractivity contribution is 9.10. The first-order chi connectivity index (χ1) is 7.15.